The molecule has 0 unspecified atom stereocenters. The maximum absolute atomic E-state index is 4.98. The van der Waals surface area contributed by atoms with Crippen LogP contribution in [-0.2, 0) is 0 Å². The van der Waals surface area contributed by atoms with Gasteiger partial charge >= 0.3 is 0 Å². The minimum absolute atomic E-state index is 0.384. The summed E-state index contributed by atoms with van der Waals surface area (Å²) < 4.78 is 0.384. The van der Waals surface area contributed by atoms with E-state index in [1.165, 1.54) is 10.8 Å². The fourth-order valence-electron chi connectivity index (χ4n) is 2.32. The molecule has 1 aromatic heterocycles. The molecule has 0 atom stereocenters. The van der Waals surface area contributed by atoms with Crippen LogP contribution in [0, 0.1) is 11.7 Å². The van der Waals surface area contributed by atoms with Crippen molar-refractivity contribution in [2.45, 2.75) is 6.92 Å². The van der Waals surface area contributed by atoms with E-state index < -0.39 is 0 Å². The van der Waals surface area contributed by atoms with Crippen LogP contribution in [0.5, 0.6) is 0 Å². The number of aromatic nitrogens is 3. The molecular weight excluding hydrogens is 294 g/mol. The van der Waals surface area contributed by atoms with E-state index in [0.29, 0.717) is 4.77 Å². The van der Waals surface area contributed by atoms with Crippen LogP contribution >= 0.6 is 12.2 Å². The number of nitrogens with one attached hydrogen (secondary N) is 3. The Morgan fingerprint density at radius 2 is 1.82 bits per heavy atom. The third kappa shape index (κ3) is 3.23. The molecule has 1 heterocycles. The van der Waals surface area contributed by atoms with Crippen LogP contribution in [0.15, 0.2) is 42.5 Å². The zero-order chi connectivity index (χ0) is 15.4. The number of H-pyrrole nitrogens is 1. The lowest BCUT2D eigenvalue weighted by Gasteiger charge is -2.11. The largest absolute Gasteiger partial charge is 0.383 e. The van der Waals surface area contributed by atoms with Gasteiger partial charge in [0, 0.05) is 24.2 Å². The van der Waals surface area contributed by atoms with Crippen molar-refractivity contribution in [3.05, 3.63) is 52.9 Å². The summed E-state index contributed by atoms with van der Waals surface area (Å²) in [6.45, 7) is 3.40. The number of hydrogen-bond acceptors (Lipinski definition) is 5. The Kier molecular flexibility index (Phi) is 4.29. The Hall–Kier alpha value is -2.47. The van der Waals surface area contributed by atoms with Crippen LogP contribution < -0.4 is 10.6 Å². The number of nitrogens with zero attached hydrogens (tertiary/aromatic N) is 2. The van der Waals surface area contributed by atoms with Crippen molar-refractivity contribution in [3.63, 3.8) is 0 Å². The molecule has 5 nitrogen and oxygen atoms in total. The summed E-state index contributed by atoms with van der Waals surface area (Å²) in [7, 11) is 0. The number of hydrogen-bond donors (Lipinski definition) is 3. The molecule has 0 radical (unpaired) electrons. The molecule has 0 fully saturated rings. The zero-order valence-corrected chi connectivity index (χ0v) is 13.1. The lowest BCUT2D eigenvalue weighted by molar-refractivity contribution is 0.901. The van der Waals surface area contributed by atoms with E-state index in [4.69, 9.17) is 12.2 Å². The van der Waals surface area contributed by atoms with Crippen molar-refractivity contribution < 1.29 is 0 Å². The Bertz CT molecular complexity index is 838. The highest BCUT2D eigenvalue weighted by Crippen LogP contribution is 2.22. The summed E-state index contributed by atoms with van der Waals surface area (Å²) in [6.07, 6.45) is 0. The van der Waals surface area contributed by atoms with Gasteiger partial charge in [0.15, 0.2) is 5.82 Å². The molecule has 6 heteroatoms. The van der Waals surface area contributed by atoms with Crippen LogP contribution in [0.1, 0.15) is 5.69 Å². The van der Waals surface area contributed by atoms with Gasteiger partial charge in [-0.15, -0.1) is 0 Å². The maximum atomic E-state index is 4.98. The second-order valence-electron chi connectivity index (χ2n) is 4.95. The fourth-order valence-corrected chi connectivity index (χ4v) is 2.45. The molecule has 0 amide bonds. The molecule has 0 aliphatic rings. The van der Waals surface area contributed by atoms with E-state index in [-0.39, 0.29) is 0 Å². The molecule has 3 N–H and O–H groups in total. The third-order valence-electron chi connectivity index (χ3n) is 3.40. The highest BCUT2D eigenvalue weighted by molar-refractivity contribution is 7.71. The number of aryl methyl sites for hydroxylation is 1. The summed E-state index contributed by atoms with van der Waals surface area (Å²) >= 11 is 4.98. The summed E-state index contributed by atoms with van der Waals surface area (Å²) in [5.41, 5.74) is 1.94. The van der Waals surface area contributed by atoms with E-state index >= 15 is 0 Å². The van der Waals surface area contributed by atoms with Crippen molar-refractivity contribution in [3.8, 4) is 0 Å². The SMILES string of the molecule is Cc1n[nH]c(=S)nc1NCCNc1cccc2ccccc12. The smallest absolute Gasteiger partial charge is 0.215 e. The monoisotopic (exact) mass is 311 g/mol. The minimum Gasteiger partial charge on any atom is -0.383 e. The van der Waals surface area contributed by atoms with Gasteiger partial charge in [0.05, 0.1) is 5.69 Å². The molecule has 0 bridgehead atoms. The highest BCUT2D eigenvalue weighted by Gasteiger charge is 2.01. The van der Waals surface area contributed by atoms with Crippen LogP contribution in [0.4, 0.5) is 11.5 Å². The maximum Gasteiger partial charge on any atom is 0.215 e. The third-order valence-corrected chi connectivity index (χ3v) is 3.58. The van der Waals surface area contributed by atoms with Gasteiger partial charge in [-0.1, -0.05) is 36.4 Å². The van der Waals surface area contributed by atoms with Crippen LogP contribution in [-0.4, -0.2) is 28.3 Å². The van der Waals surface area contributed by atoms with E-state index in [2.05, 4.69) is 62.2 Å². The van der Waals surface area contributed by atoms with Crippen LogP contribution in [0.25, 0.3) is 10.8 Å². The second-order valence-corrected chi connectivity index (χ2v) is 5.34. The van der Waals surface area contributed by atoms with Gasteiger partial charge in [0.1, 0.15) is 0 Å². The topological polar surface area (TPSA) is 65.6 Å². The van der Waals surface area contributed by atoms with Gasteiger partial charge < -0.3 is 10.6 Å². The quantitative estimate of drug-likeness (QED) is 0.497. The fraction of sp³-hybridized carbons (Fsp3) is 0.188. The molecule has 3 rings (SSSR count). The standard InChI is InChI=1S/C16H17N5S/c1-11-15(19-16(22)21-20-11)18-10-9-17-14-8-4-6-12-5-2-3-7-13(12)14/h2-8,17H,9-10H2,1H3,(H2,18,19,21,22). The molecule has 0 aliphatic carbocycles. The Balaban J connectivity index is 1.63. The molecular formula is C16H17N5S. The van der Waals surface area contributed by atoms with Gasteiger partial charge in [0.25, 0.3) is 0 Å². The van der Waals surface area contributed by atoms with Crippen molar-refractivity contribution in [1.82, 2.24) is 15.2 Å². The number of fused-ring (bicyclic) bond motifs is 1. The Labute approximate surface area is 133 Å². The molecule has 0 spiro atoms. The average molecular weight is 311 g/mol. The Morgan fingerprint density at radius 3 is 2.73 bits per heavy atom. The van der Waals surface area contributed by atoms with E-state index in [1.807, 2.05) is 13.0 Å². The predicted molar refractivity (Wildman–Crippen MR) is 92.9 cm³/mol. The number of anilines is 2. The minimum atomic E-state index is 0.384. The lowest BCUT2D eigenvalue weighted by atomic mass is 10.1. The predicted octanol–water partition coefficient (Wildman–Crippen LogP) is 3.52. The normalized spacial score (nSPS) is 10.6. The molecule has 22 heavy (non-hydrogen) atoms. The summed E-state index contributed by atoms with van der Waals surface area (Å²) in [6, 6.07) is 14.6. The zero-order valence-electron chi connectivity index (χ0n) is 12.3. The van der Waals surface area contributed by atoms with Gasteiger partial charge in [-0.05, 0) is 30.6 Å². The first-order valence-electron chi connectivity index (χ1n) is 7.13. The van der Waals surface area contributed by atoms with Crippen LogP contribution in [0.3, 0.4) is 0 Å². The second kappa shape index (κ2) is 6.53. The highest BCUT2D eigenvalue weighted by atomic mass is 32.1. The summed E-state index contributed by atoms with van der Waals surface area (Å²) in [5.74, 6) is 0.725. The van der Waals surface area contributed by atoms with Gasteiger partial charge in [-0.2, -0.15) is 10.1 Å². The van der Waals surface area contributed by atoms with Gasteiger partial charge in [-0.3, -0.25) is 5.10 Å². The molecule has 0 saturated heterocycles. The number of rotatable bonds is 5. The summed E-state index contributed by atoms with van der Waals surface area (Å²) in [4.78, 5) is 4.23. The molecule has 2 aromatic carbocycles. The van der Waals surface area contributed by atoms with Gasteiger partial charge in [-0.25, -0.2) is 0 Å². The van der Waals surface area contributed by atoms with Crippen molar-refractivity contribution in [1.29, 1.82) is 0 Å². The number of benzene rings is 2. The van der Waals surface area contributed by atoms with E-state index in [0.717, 1.165) is 30.3 Å². The van der Waals surface area contributed by atoms with Crippen molar-refractivity contribution in [2.75, 3.05) is 23.7 Å². The molecule has 0 aliphatic heterocycles. The van der Waals surface area contributed by atoms with Crippen molar-refractivity contribution in [2.24, 2.45) is 0 Å². The van der Waals surface area contributed by atoms with Crippen LogP contribution in [0.2, 0.25) is 0 Å². The first kappa shape index (κ1) is 14.5. The van der Waals surface area contributed by atoms with Gasteiger partial charge in [0.2, 0.25) is 4.77 Å². The molecule has 0 saturated carbocycles. The van der Waals surface area contributed by atoms with Crippen molar-refractivity contribution >= 4 is 34.5 Å². The van der Waals surface area contributed by atoms with E-state index in [9.17, 15) is 0 Å². The molecule has 3 aromatic rings. The molecule has 112 valence electrons. The number of aromatic amines is 1. The average Bonchev–Trinajstić information content (AvgIpc) is 2.54. The first-order valence-corrected chi connectivity index (χ1v) is 7.54. The van der Waals surface area contributed by atoms with E-state index in [1.54, 1.807) is 0 Å². The first-order chi connectivity index (χ1) is 10.7. The lowest BCUT2D eigenvalue weighted by Crippen LogP contribution is -2.15. The summed E-state index contributed by atoms with van der Waals surface area (Å²) in [5, 5.41) is 15.9. The Morgan fingerprint density at radius 1 is 1.05 bits per heavy atom.